The van der Waals surface area contributed by atoms with E-state index in [-0.39, 0.29) is 6.54 Å². The second-order valence-electron chi connectivity index (χ2n) is 4.31. The van der Waals surface area contributed by atoms with E-state index in [4.69, 9.17) is 0 Å². The van der Waals surface area contributed by atoms with Gasteiger partial charge in [-0.1, -0.05) is 0 Å². The minimum atomic E-state index is -4.04. The minimum absolute atomic E-state index is 0.0202. The zero-order valence-electron chi connectivity index (χ0n) is 9.27. The Morgan fingerprint density at radius 1 is 1.40 bits per heavy atom. The summed E-state index contributed by atoms with van der Waals surface area (Å²) in [5.41, 5.74) is 0. The van der Waals surface area contributed by atoms with Crippen LogP contribution >= 0.6 is 0 Å². The Bertz CT molecular complexity index is 190. The van der Waals surface area contributed by atoms with Crippen LogP contribution in [0.15, 0.2) is 0 Å². The summed E-state index contributed by atoms with van der Waals surface area (Å²) in [7, 11) is 2.04. The van der Waals surface area contributed by atoms with Crippen molar-refractivity contribution in [2.45, 2.75) is 44.4 Å². The van der Waals surface area contributed by atoms with Crippen molar-refractivity contribution in [1.29, 1.82) is 0 Å². The van der Waals surface area contributed by atoms with Gasteiger partial charge >= 0.3 is 6.18 Å². The van der Waals surface area contributed by atoms with Crippen LogP contribution in [-0.2, 0) is 0 Å². The highest BCUT2D eigenvalue weighted by atomic mass is 19.4. The molecule has 1 atom stereocenters. The molecule has 1 rings (SSSR count). The van der Waals surface area contributed by atoms with Gasteiger partial charge in [-0.25, -0.2) is 0 Å². The highest BCUT2D eigenvalue weighted by Crippen LogP contribution is 2.26. The molecule has 0 bridgehead atoms. The smallest absolute Gasteiger partial charge is 0.315 e. The molecule has 0 aromatic rings. The molecule has 1 fully saturated rings. The molecule has 0 aliphatic heterocycles. The van der Waals surface area contributed by atoms with E-state index in [1.807, 2.05) is 14.0 Å². The average molecular weight is 224 g/mol. The Labute approximate surface area is 88.8 Å². The van der Waals surface area contributed by atoms with E-state index in [1.165, 1.54) is 12.8 Å². The molecule has 5 heteroatoms. The standard InChI is InChI=1S/C10H19F3N2/c1-8(15(2)9-3-4-9)7-14-6-5-10(11,12)13/h8-9,14H,3-7H2,1-2H3. The zero-order chi connectivity index (χ0) is 11.5. The normalized spacial score (nSPS) is 19.6. The summed E-state index contributed by atoms with van der Waals surface area (Å²) in [6, 6.07) is 0.968. The first-order chi connectivity index (χ1) is 6.90. The summed E-state index contributed by atoms with van der Waals surface area (Å²) in [5.74, 6) is 0. The van der Waals surface area contributed by atoms with E-state index in [9.17, 15) is 13.2 Å². The van der Waals surface area contributed by atoms with Crippen LogP contribution in [0, 0.1) is 0 Å². The fraction of sp³-hybridized carbons (Fsp3) is 1.00. The third-order valence-electron chi connectivity index (χ3n) is 2.84. The molecule has 2 nitrogen and oxygen atoms in total. The average Bonchev–Trinajstić information content (AvgIpc) is 2.92. The predicted octanol–water partition coefficient (Wildman–Crippen LogP) is 2.01. The number of alkyl halides is 3. The van der Waals surface area contributed by atoms with E-state index in [0.717, 1.165) is 0 Å². The first kappa shape index (κ1) is 12.8. The Kier molecular flexibility index (Phi) is 4.40. The molecule has 0 aromatic carbocycles. The molecule has 1 unspecified atom stereocenters. The Hall–Kier alpha value is -0.290. The van der Waals surface area contributed by atoms with Crippen LogP contribution in [0.25, 0.3) is 0 Å². The Balaban J connectivity index is 2.03. The van der Waals surface area contributed by atoms with Crippen molar-refractivity contribution in [1.82, 2.24) is 10.2 Å². The molecule has 1 saturated carbocycles. The van der Waals surface area contributed by atoms with E-state index in [0.29, 0.717) is 18.6 Å². The summed E-state index contributed by atoms with van der Waals surface area (Å²) in [4.78, 5) is 2.24. The molecule has 0 heterocycles. The van der Waals surface area contributed by atoms with Gasteiger partial charge in [-0.05, 0) is 26.8 Å². The summed E-state index contributed by atoms with van der Waals surface area (Å²) >= 11 is 0. The lowest BCUT2D eigenvalue weighted by Gasteiger charge is -2.24. The van der Waals surface area contributed by atoms with Crippen LogP contribution in [0.4, 0.5) is 13.2 Å². The molecule has 0 aromatic heterocycles. The lowest BCUT2D eigenvalue weighted by atomic mass is 10.3. The highest BCUT2D eigenvalue weighted by molar-refractivity contribution is 4.85. The molecule has 1 aliphatic carbocycles. The fourth-order valence-corrected chi connectivity index (χ4v) is 1.53. The van der Waals surface area contributed by atoms with Gasteiger partial charge in [-0.2, -0.15) is 13.2 Å². The largest absolute Gasteiger partial charge is 0.390 e. The first-order valence-corrected chi connectivity index (χ1v) is 5.39. The summed E-state index contributed by atoms with van der Waals surface area (Å²) in [6.07, 6.45) is -2.34. The minimum Gasteiger partial charge on any atom is -0.315 e. The molecule has 0 spiro atoms. The van der Waals surface area contributed by atoms with Crippen LogP contribution in [0.3, 0.4) is 0 Å². The number of nitrogens with zero attached hydrogens (tertiary/aromatic N) is 1. The van der Waals surface area contributed by atoms with Crippen LogP contribution in [0.5, 0.6) is 0 Å². The van der Waals surface area contributed by atoms with Crippen molar-refractivity contribution in [2.24, 2.45) is 0 Å². The second-order valence-corrected chi connectivity index (χ2v) is 4.31. The maximum atomic E-state index is 11.8. The second kappa shape index (κ2) is 5.16. The summed E-state index contributed by atoms with van der Waals surface area (Å²) in [5, 5.41) is 2.84. The number of nitrogens with one attached hydrogen (secondary N) is 1. The van der Waals surface area contributed by atoms with Crippen LogP contribution < -0.4 is 5.32 Å². The lowest BCUT2D eigenvalue weighted by molar-refractivity contribution is -0.133. The summed E-state index contributed by atoms with van der Waals surface area (Å²) in [6.45, 7) is 2.69. The highest BCUT2D eigenvalue weighted by Gasteiger charge is 2.29. The lowest BCUT2D eigenvalue weighted by Crippen LogP contribution is -2.39. The molecule has 0 saturated heterocycles. The quantitative estimate of drug-likeness (QED) is 0.694. The van der Waals surface area contributed by atoms with Gasteiger partial charge in [0.05, 0.1) is 6.42 Å². The van der Waals surface area contributed by atoms with Crippen LogP contribution in [0.2, 0.25) is 0 Å². The van der Waals surface area contributed by atoms with Gasteiger partial charge in [0.15, 0.2) is 0 Å². The predicted molar refractivity (Wildman–Crippen MR) is 53.8 cm³/mol. The Morgan fingerprint density at radius 2 is 2.00 bits per heavy atom. The maximum Gasteiger partial charge on any atom is 0.390 e. The molecule has 0 radical (unpaired) electrons. The number of rotatable bonds is 6. The molecular formula is C10H19F3N2. The van der Waals surface area contributed by atoms with E-state index >= 15 is 0 Å². The van der Waals surface area contributed by atoms with Gasteiger partial charge in [0.2, 0.25) is 0 Å². The first-order valence-electron chi connectivity index (χ1n) is 5.39. The van der Waals surface area contributed by atoms with Gasteiger partial charge in [0.25, 0.3) is 0 Å². The van der Waals surface area contributed by atoms with Gasteiger partial charge in [-0.3, -0.25) is 4.90 Å². The molecule has 90 valence electrons. The van der Waals surface area contributed by atoms with Crippen LogP contribution in [0.1, 0.15) is 26.2 Å². The fourth-order valence-electron chi connectivity index (χ4n) is 1.53. The van der Waals surface area contributed by atoms with Gasteiger partial charge in [0.1, 0.15) is 0 Å². The number of likely N-dealkylation sites (N-methyl/N-ethyl adjacent to an activating group) is 1. The van der Waals surface area contributed by atoms with E-state index < -0.39 is 12.6 Å². The molecule has 0 amide bonds. The van der Waals surface area contributed by atoms with Crippen molar-refractivity contribution in [3.63, 3.8) is 0 Å². The van der Waals surface area contributed by atoms with E-state index in [2.05, 4.69) is 10.2 Å². The Morgan fingerprint density at radius 3 is 2.47 bits per heavy atom. The van der Waals surface area contributed by atoms with Gasteiger partial charge < -0.3 is 5.32 Å². The van der Waals surface area contributed by atoms with Gasteiger partial charge in [-0.15, -0.1) is 0 Å². The number of hydrogen-bond donors (Lipinski definition) is 1. The molecule has 15 heavy (non-hydrogen) atoms. The third kappa shape index (κ3) is 5.37. The van der Waals surface area contributed by atoms with Crippen molar-refractivity contribution in [3.05, 3.63) is 0 Å². The van der Waals surface area contributed by atoms with E-state index in [1.54, 1.807) is 0 Å². The zero-order valence-corrected chi connectivity index (χ0v) is 9.27. The van der Waals surface area contributed by atoms with Crippen molar-refractivity contribution >= 4 is 0 Å². The van der Waals surface area contributed by atoms with Gasteiger partial charge in [0, 0.05) is 25.2 Å². The van der Waals surface area contributed by atoms with Crippen molar-refractivity contribution < 1.29 is 13.2 Å². The maximum absolute atomic E-state index is 11.8. The van der Waals surface area contributed by atoms with Crippen LogP contribution in [-0.4, -0.2) is 43.3 Å². The number of hydrogen-bond acceptors (Lipinski definition) is 2. The third-order valence-corrected chi connectivity index (χ3v) is 2.84. The molecule has 1 aliphatic rings. The molecular weight excluding hydrogens is 205 g/mol. The number of halogens is 3. The molecule has 1 N–H and O–H groups in total. The SMILES string of the molecule is CC(CNCCC(F)(F)F)N(C)C1CC1. The summed E-state index contributed by atoms with van der Waals surface area (Å²) < 4.78 is 35.5. The monoisotopic (exact) mass is 224 g/mol. The van der Waals surface area contributed by atoms with Crippen molar-refractivity contribution in [3.8, 4) is 0 Å². The van der Waals surface area contributed by atoms with Crippen molar-refractivity contribution in [2.75, 3.05) is 20.1 Å². The topological polar surface area (TPSA) is 15.3 Å².